The average Bonchev–Trinajstić information content (AvgIpc) is 3.32. The number of hydrogen-bond donors (Lipinski definition) is 1. The predicted molar refractivity (Wildman–Crippen MR) is 127 cm³/mol. The van der Waals surface area contributed by atoms with Gasteiger partial charge in [-0.05, 0) is 42.8 Å². The van der Waals surface area contributed by atoms with Gasteiger partial charge in [0.15, 0.2) is 29.0 Å². The lowest BCUT2D eigenvalue weighted by Gasteiger charge is -2.14. The van der Waals surface area contributed by atoms with E-state index < -0.39 is 17.9 Å². The zero-order chi connectivity index (χ0) is 23.5. The summed E-state index contributed by atoms with van der Waals surface area (Å²) in [7, 11) is 3.03. The van der Waals surface area contributed by atoms with Crippen LogP contribution in [-0.2, 0) is 4.79 Å². The molecule has 2 heterocycles. The molecule has 2 aromatic heterocycles. The Balaban J connectivity index is 1.80. The number of carbonyl (C=O) groups is 1. The van der Waals surface area contributed by atoms with Gasteiger partial charge in [-0.25, -0.2) is 4.98 Å². The fraction of sp³-hybridized carbons (Fsp3) is 0.174. The van der Waals surface area contributed by atoms with E-state index in [0.717, 1.165) is 5.56 Å². The molecular weight excluding hydrogens is 468 g/mol. The van der Waals surface area contributed by atoms with Crippen LogP contribution in [0.5, 0.6) is 17.2 Å². The number of amides is 1. The van der Waals surface area contributed by atoms with Gasteiger partial charge in [0.1, 0.15) is 5.58 Å². The summed E-state index contributed by atoms with van der Waals surface area (Å²) in [5.41, 5.74) is 1.15. The molecule has 170 valence electrons. The van der Waals surface area contributed by atoms with Gasteiger partial charge in [0.2, 0.25) is 11.2 Å². The van der Waals surface area contributed by atoms with E-state index in [2.05, 4.69) is 10.3 Å². The zero-order valence-corrected chi connectivity index (χ0v) is 19.5. The first kappa shape index (κ1) is 22.6. The summed E-state index contributed by atoms with van der Waals surface area (Å²) in [4.78, 5) is 29.7. The molecular formula is C23H19ClN2O6S. The maximum atomic E-state index is 13.4. The van der Waals surface area contributed by atoms with Crippen molar-refractivity contribution in [2.24, 2.45) is 0 Å². The Bertz CT molecular complexity index is 1380. The number of aryl methyl sites for hydroxylation is 1. The van der Waals surface area contributed by atoms with Crippen LogP contribution in [0.1, 0.15) is 5.56 Å². The van der Waals surface area contributed by atoms with E-state index >= 15 is 0 Å². The van der Waals surface area contributed by atoms with Crippen molar-refractivity contribution in [3.05, 3.63) is 62.7 Å². The fourth-order valence-electron chi connectivity index (χ4n) is 3.18. The second kappa shape index (κ2) is 9.51. The monoisotopic (exact) mass is 486 g/mol. The number of rotatable bonds is 7. The molecule has 33 heavy (non-hydrogen) atoms. The number of anilines is 1. The van der Waals surface area contributed by atoms with Crippen LogP contribution in [0.15, 0.2) is 51.1 Å². The normalized spacial score (nSPS) is 10.8. The van der Waals surface area contributed by atoms with E-state index in [9.17, 15) is 9.59 Å². The minimum absolute atomic E-state index is 0.121. The summed E-state index contributed by atoms with van der Waals surface area (Å²) in [5.74, 6) is 0.514. The number of nitrogens with zero attached hydrogens (tertiary/aromatic N) is 1. The third kappa shape index (κ3) is 4.64. The molecule has 10 heteroatoms. The third-order valence-corrected chi connectivity index (χ3v) is 5.90. The van der Waals surface area contributed by atoms with Crippen LogP contribution in [0.2, 0.25) is 5.02 Å². The predicted octanol–water partition coefficient (Wildman–Crippen LogP) is 4.91. The van der Waals surface area contributed by atoms with Crippen molar-refractivity contribution >= 4 is 44.9 Å². The summed E-state index contributed by atoms with van der Waals surface area (Å²) in [6.45, 7) is 1.39. The van der Waals surface area contributed by atoms with Crippen LogP contribution in [0, 0.1) is 6.92 Å². The summed E-state index contributed by atoms with van der Waals surface area (Å²) in [6.07, 6.45) is 1.57. The number of thiazole rings is 1. The van der Waals surface area contributed by atoms with E-state index in [1.807, 2.05) is 6.92 Å². The molecule has 0 aliphatic carbocycles. The topological polar surface area (TPSA) is 99.9 Å². The maximum Gasteiger partial charge on any atom is 0.264 e. The van der Waals surface area contributed by atoms with Gasteiger partial charge >= 0.3 is 0 Å². The number of benzene rings is 2. The molecule has 2 aromatic carbocycles. The molecule has 0 aliphatic rings. The van der Waals surface area contributed by atoms with Crippen molar-refractivity contribution < 1.29 is 23.4 Å². The van der Waals surface area contributed by atoms with E-state index in [4.69, 9.17) is 30.2 Å². The van der Waals surface area contributed by atoms with Gasteiger partial charge in [-0.2, -0.15) is 0 Å². The van der Waals surface area contributed by atoms with Crippen LogP contribution in [0.4, 0.5) is 5.13 Å². The lowest BCUT2D eigenvalue weighted by atomic mass is 10.1. The molecule has 0 unspecified atom stereocenters. The summed E-state index contributed by atoms with van der Waals surface area (Å²) >= 11 is 7.50. The second-order valence-electron chi connectivity index (χ2n) is 6.93. The number of hydrogen-bond acceptors (Lipinski definition) is 8. The molecule has 1 amide bonds. The van der Waals surface area contributed by atoms with Crippen LogP contribution in [0.25, 0.3) is 22.3 Å². The van der Waals surface area contributed by atoms with Gasteiger partial charge < -0.3 is 18.6 Å². The number of aromatic nitrogens is 1. The van der Waals surface area contributed by atoms with Crippen molar-refractivity contribution in [1.82, 2.24) is 4.98 Å². The first-order valence-corrected chi connectivity index (χ1v) is 11.0. The molecule has 0 saturated heterocycles. The highest BCUT2D eigenvalue weighted by Gasteiger charge is 2.21. The van der Waals surface area contributed by atoms with Crippen LogP contribution in [0.3, 0.4) is 0 Å². The first-order chi connectivity index (χ1) is 15.9. The SMILES string of the molecule is COc1ccc(-c2oc3cc(C)c(Cl)cc3c(=O)c2OCC(=O)Nc2nccs2)cc1OC. The first-order valence-electron chi connectivity index (χ1n) is 9.72. The molecule has 0 fully saturated rings. The summed E-state index contributed by atoms with van der Waals surface area (Å²) in [5, 5.41) is 5.43. The molecule has 4 rings (SSSR count). The van der Waals surface area contributed by atoms with Crippen molar-refractivity contribution in [2.45, 2.75) is 6.92 Å². The van der Waals surface area contributed by atoms with Gasteiger partial charge in [-0.3, -0.25) is 14.9 Å². The van der Waals surface area contributed by atoms with E-state index in [0.29, 0.717) is 32.8 Å². The van der Waals surface area contributed by atoms with E-state index in [1.165, 1.54) is 31.6 Å². The van der Waals surface area contributed by atoms with Crippen LogP contribution < -0.4 is 25.0 Å². The van der Waals surface area contributed by atoms with Crippen molar-refractivity contribution in [2.75, 3.05) is 26.1 Å². The van der Waals surface area contributed by atoms with E-state index in [1.54, 1.807) is 35.8 Å². The quantitative estimate of drug-likeness (QED) is 0.396. The smallest absolute Gasteiger partial charge is 0.264 e. The highest BCUT2D eigenvalue weighted by atomic mass is 35.5. The molecule has 0 saturated carbocycles. The number of carbonyl (C=O) groups excluding carboxylic acids is 1. The fourth-order valence-corrected chi connectivity index (χ4v) is 3.88. The lowest BCUT2D eigenvalue weighted by Crippen LogP contribution is -2.22. The third-order valence-electron chi connectivity index (χ3n) is 4.80. The van der Waals surface area contributed by atoms with Gasteiger partial charge in [-0.1, -0.05) is 11.6 Å². The van der Waals surface area contributed by atoms with Gasteiger partial charge in [0, 0.05) is 22.2 Å². The number of halogens is 1. The Labute approximate surface area is 197 Å². The molecule has 8 nitrogen and oxygen atoms in total. The second-order valence-corrected chi connectivity index (χ2v) is 8.23. The van der Waals surface area contributed by atoms with Gasteiger partial charge in [-0.15, -0.1) is 11.3 Å². The number of nitrogens with one attached hydrogen (secondary N) is 1. The molecule has 1 N–H and O–H groups in total. The molecule has 0 aliphatic heterocycles. The van der Waals surface area contributed by atoms with Crippen molar-refractivity contribution in [1.29, 1.82) is 0 Å². The minimum atomic E-state index is -0.468. The number of ether oxygens (including phenoxy) is 3. The summed E-state index contributed by atoms with van der Waals surface area (Å²) in [6, 6.07) is 8.26. The Morgan fingerprint density at radius 2 is 1.97 bits per heavy atom. The zero-order valence-electron chi connectivity index (χ0n) is 17.9. The Morgan fingerprint density at radius 3 is 2.67 bits per heavy atom. The Hall–Kier alpha value is -3.56. The molecule has 0 atom stereocenters. The lowest BCUT2D eigenvalue weighted by molar-refractivity contribution is -0.118. The van der Waals surface area contributed by atoms with E-state index in [-0.39, 0.29) is 16.9 Å². The summed E-state index contributed by atoms with van der Waals surface area (Å²) < 4.78 is 22.4. The van der Waals surface area contributed by atoms with Gasteiger partial charge in [0.05, 0.1) is 19.6 Å². The number of methoxy groups -OCH3 is 2. The molecule has 0 bridgehead atoms. The van der Waals surface area contributed by atoms with Crippen LogP contribution in [-0.4, -0.2) is 31.7 Å². The molecule has 0 radical (unpaired) electrons. The van der Waals surface area contributed by atoms with Crippen LogP contribution >= 0.6 is 22.9 Å². The Morgan fingerprint density at radius 1 is 1.18 bits per heavy atom. The van der Waals surface area contributed by atoms with Crippen molar-refractivity contribution in [3.8, 4) is 28.6 Å². The largest absolute Gasteiger partial charge is 0.493 e. The maximum absolute atomic E-state index is 13.4. The van der Waals surface area contributed by atoms with Gasteiger partial charge in [0.25, 0.3) is 5.91 Å². The highest BCUT2D eigenvalue weighted by molar-refractivity contribution is 7.13. The standard InChI is InChI=1S/C23H19ClN2O6S/c1-12-8-17-14(10-15(12)24)20(28)22(31-11-19(27)26-23-25-6-7-33-23)21(32-17)13-4-5-16(29-2)18(9-13)30-3/h4-10H,11H2,1-3H3,(H,25,26,27). The van der Waals surface area contributed by atoms with Crippen molar-refractivity contribution in [3.63, 3.8) is 0 Å². The molecule has 4 aromatic rings. The molecule has 0 spiro atoms. The minimum Gasteiger partial charge on any atom is -0.493 e. The Kier molecular flexibility index (Phi) is 6.52. The highest BCUT2D eigenvalue weighted by Crippen LogP contribution is 2.37. The average molecular weight is 487 g/mol. The number of fused-ring (bicyclic) bond motifs is 1.